The van der Waals surface area contributed by atoms with E-state index in [-0.39, 0.29) is 11.9 Å². The Labute approximate surface area is 115 Å². The van der Waals surface area contributed by atoms with E-state index in [1.54, 1.807) is 12.1 Å². The Hall–Kier alpha value is -1.64. The van der Waals surface area contributed by atoms with Crippen molar-refractivity contribution in [3.05, 3.63) is 35.9 Å². The molecule has 3 heteroatoms. The van der Waals surface area contributed by atoms with Crippen molar-refractivity contribution in [2.45, 2.75) is 40.2 Å². The van der Waals surface area contributed by atoms with Gasteiger partial charge in [-0.1, -0.05) is 45.9 Å². The highest BCUT2D eigenvalue weighted by Crippen LogP contribution is 2.23. The first-order chi connectivity index (χ1) is 8.86. The zero-order valence-corrected chi connectivity index (χ0v) is 12.1. The van der Waals surface area contributed by atoms with E-state index in [1.165, 1.54) is 0 Å². The average molecular weight is 261 g/mol. The lowest BCUT2D eigenvalue weighted by Gasteiger charge is -2.31. The molecule has 1 aromatic rings. The molecular formula is C16H23NO2. The number of nitrogens with one attached hydrogen (secondary N) is 1. The molecule has 3 nitrogen and oxygen atoms in total. The van der Waals surface area contributed by atoms with Gasteiger partial charge in [-0.3, -0.25) is 4.79 Å². The van der Waals surface area contributed by atoms with Crippen molar-refractivity contribution in [2.75, 3.05) is 0 Å². The van der Waals surface area contributed by atoms with Gasteiger partial charge in [-0.15, -0.1) is 0 Å². The van der Waals surface area contributed by atoms with Crippen LogP contribution in [0.2, 0.25) is 0 Å². The predicted octanol–water partition coefficient (Wildman–Crippen LogP) is 3.06. The molecule has 0 saturated carbocycles. The average Bonchev–Trinajstić information content (AvgIpc) is 2.38. The zero-order valence-electron chi connectivity index (χ0n) is 12.1. The highest BCUT2D eigenvalue weighted by Gasteiger charge is 2.31. The van der Waals surface area contributed by atoms with Crippen molar-refractivity contribution in [3.63, 3.8) is 0 Å². The van der Waals surface area contributed by atoms with Crippen LogP contribution in [0, 0.1) is 11.3 Å². The molecule has 1 amide bonds. The second kappa shape index (κ2) is 6.50. The molecule has 0 aliphatic rings. The van der Waals surface area contributed by atoms with E-state index < -0.39 is 5.41 Å². The molecule has 0 fully saturated rings. The first-order valence-electron chi connectivity index (χ1n) is 6.69. The van der Waals surface area contributed by atoms with Crippen molar-refractivity contribution in [2.24, 2.45) is 11.3 Å². The standard InChI is InChI=1S/C16H23NO2/c1-12(2)10-14(16(3,4)11-18)17-15(19)13-8-6-5-7-9-13/h5-9,11-12,14H,10H2,1-4H3,(H,17,19)/t14-/m1/s1. The van der Waals surface area contributed by atoms with Crippen molar-refractivity contribution in [1.82, 2.24) is 5.32 Å². The summed E-state index contributed by atoms with van der Waals surface area (Å²) in [6, 6.07) is 8.93. The van der Waals surface area contributed by atoms with E-state index in [0.717, 1.165) is 12.7 Å². The highest BCUT2D eigenvalue weighted by atomic mass is 16.1. The first-order valence-corrected chi connectivity index (χ1v) is 6.69. The Balaban J connectivity index is 2.83. The van der Waals surface area contributed by atoms with Crippen LogP contribution in [-0.4, -0.2) is 18.2 Å². The van der Waals surface area contributed by atoms with Gasteiger partial charge in [-0.2, -0.15) is 0 Å². The SMILES string of the molecule is CC(C)C[C@@H](NC(=O)c1ccccc1)C(C)(C)C=O. The monoisotopic (exact) mass is 261 g/mol. The van der Waals surface area contributed by atoms with Crippen LogP contribution >= 0.6 is 0 Å². The van der Waals surface area contributed by atoms with E-state index >= 15 is 0 Å². The third-order valence-electron chi connectivity index (χ3n) is 3.25. The summed E-state index contributed by atoms with van der Waals surface area (Å²) in [6.07, 6.45) is 1.70. The maximum Gasteiger partial charge on any atom is 0.251 e. The van der Waals surface area contributed by atoms with Crippen LogP contribution < -0.4 is 5.32 Å². The van der Waals surface area contributed by atoms with Gasteiger partial charge in [0.05, 0.1) is 0 Å². The zero-order chi connectivity index (χ0) is 14.5. The van der Waals surface area contributed by atoms with E-state index in [9.17, 15) is 9.59 Å². The van der Waals surface area contributed by atoms with Gasteiger partial charge in [0.1, 0.15) is 6.29 Å². The second-order valence-electron chi connectivity index (χ2n) is 5.96. The molecule has 0 aliphatic heterocycles. The molecule has 1 N–H and O–H groups in total. The van der Waals surface area contributed by atoms with E-state index in [4.69, 9.17) is 0 Å². The quantitative estimate of drug-likeness (QED) is 0.800. The number of amides is 1. The maximum absolute atomic E-state index is 12.2. The van der Waals surface area contributed by atoms with Crippen LogP contribution in [-0.2, 0) is 4.79 Å². The fourth-order valence-electron chi connectivity index (χ4n) is 1.93. The van der Waals surface area contributed by atoms with Crippen LogP contribution in [0.4, 0.5) is 0 Å². The minimum Gasteiger partial charge on any atom is -0.348 e. The molecule has 0 bridgehead atoms. The number of rotatable bonds is 6. The normalized spacial score (nSPS) is 13.1. The third-order valence-corrected chi connectivity index (χ3v) is 3.25. The molecule has 1 aromatic carbocycles. The Morgan fingerprint density at radius 1 is 1.26 bits per heavy atom. The van der Waals surface area contributed by atoms with Crippen LogP contribution in [0.25, 0.3) is 0 Å². The number of hydrogen-bond donors (Lipinski definition) is 1. The van der Waals surface area contributed by atoms with Crippen molar-refractivity contribution in [1.29, 1.82) is 0 Å². The summed E-state index contributed by atoms with van der Waals surface area (Å²) >= 11 is 0. The number of aldehydes is 1. The lowest BCUT2D eigenvalue weighted by molar-refractivity contribution is -0.116. The Bertz CT molecular complexity index is 424. The van der Waals surface area contributed by atoms with Gasteiger partial charge in [0.25, 0.3) is 5.91 Å². The Morgan fingerprint density at radius 2 is 1.84 bits per heavy atom. The minimum absolute atomic E-state index is 0.124. The maximum atomic E-state index is 12.2. The topological polar surface area (TPSA) is 46.2 Å². The molecule has 1 atom stereocenters. The van der Waals surface area contributed by atoms with Crippen LogP contribution in [0.3, 0.4) is 0 Å². The summed E-state index contributed by atoms with van der Waals surface area (Å²) < 4.78 is 0. The molecule has 0 saturated heterocycles. The first kappa shape index (κ1) is 15.4. The Morgan fingerprint density at radius 3 is 2.32 bits per heavy atom. The van der Waals surface area contributed by atoms with Crippen LogP contribution in [0.1, 0.15) is 44.5 Å². The lowest BCUT2D eigenvalue weighted by atomic mass is 9.81. The Kier molecular flexibility index (Phi) is 5.28. The van der Waals surface area contributed by atoms with Crippen molar-refractivity contribution in [3.8, 4) is 0 Å². The number of hydrogen-bond acceptors (Lipinski definition) is 2. The second-order valence-corrected chi connectivity index (χ2v) is 5.96. The van der Waals surface area contributed by atoms with Gasteiger partial charge in [0.2, 0.25) is 0 Å². The van der Waals surface area contributed by atoms with Crippen LogP contribution in [0.15, 0.2) is 30.3 Å². The number of benzene rings is 1. The molecule has 104 valence electrons. The van der Waals surface area contributed by atoms with E-state index in [1.807, 2.05) is 32.0 Å². The molecule has 0 aromatic heterocycles. The summed E-state index contributed by atoms with van der Waals surface area (Å²) in [5, 5.41) is 2.99. The van der Waals surface area contributed by atoms with E-state index in [2.05, 4.69) is 19.2 Å². The number of carbonyl (C=O) groups is 2. The smallest absolute Gasteiger partial charge is 0.251 e. The molecule has 19 heavy (non-hydrogen) atoms. The molecule has 0 spiro atoms. The van der Waals surface area contributed by atoms with Crippen molar-refractivity contribution < 1.29 is 9.59 Å². The van der Waals surface area contributed by atoms with Gasteiger partial charge >= 0.3 is 0 Å². The fourth-order valence-corrected chi connectivity index (χ4v) is 1.93. The van der Waals surface area contributed by atoms with Gasteiger partial charge < -0.3 is 10.1 Å². The molecule has 0 aliphatic carbocycles. The van der Waals surface area contributed by atoms with Gasteiger partial charge in [0.15, 0.2) is 0 Å². The summed E-state index contributed by atoms with van der Waals surface area (Å²) in [6.45, 7) is 7.89. The molecule has 0 heterocycles. The fraction of sp³-hybridized carbons (Fsp3) is 0.500. The van der Waals surface area contributed by atoms with Crippen molar-refractivity contribution >= 4 is 12.2 Å². The minimum atomic E-state index is -0.561. The molecule has 0 unspecified atom stereocenters. The summed E-state index contributed by atoms with van der Waals surface area (Å²) in [5.41, 5.74) is 0.0623. The lowest BCUT2D eigenvalue weighted by Crippen LogP contribution is -2.46. The van der Waals surface area contributed by atoms with Gasteiger partial charge in [0, 0.05) is 17.0 Å². The summed E-state index contributed by atoms with van der Waals surface area (Å²) in [5.74, 6) is 0.293. The molecule has 0 radical (unpaired) electrons. The largest absolute Gasteiger partial charge is 0.348 e. The van der Waals surface area contributed by atoms with Gasteiger partial charge in [-0.05, 0) is 24.5 Å². The third kappa shape index (κ3) is 4.51. The van der Waals surface area contributed by atoms with Crippen LogP contribution in [0.5, 0.6) is 0 Å². The van der Waals surface area contributed by atoms with E-state index in [0.29, 0.717) is 11.5 Å². The van der Waals surface area contributed by atoms with Gasteiger partial charge in [-0.25, -0.2) is 0 Å². The molecular weight excluding hydrogens is 238 g/mol. The summed E-state index contributed by atoms with van der Waals surface area (Å²) in [7, 11) is 0. The highest BCUT2D eigenvalue weighted by molar-refractivity contribution is 5.94. The molecule has 1 rings (SSSR count). The number of carbonyl (C=O) groups excluding carboxylic acids is 2. The predicted molar refractivity (Wildman–Crippen MR) is 77.0 cm³/mol. The summed E-state index contributed by atoms with van der Waals surface area (Å²) in [4.78, 5) is 23.4.